The van der Waals surface area contributed by atoms with Gasteiger partial charge in [0.15, 0.2) is 0 Å². The second-order valence-electron chi connectivity index (χ2n) is 3.73. The lowest BCUT2D eigenvalue weighted by Gasteiger charge is -2.25. The van der Waals surface area contributed by atoms with Crippen molar-refractivity contribution in [3.63, 3.8) is 0 Å². The molecule has 2 atom stereocenters. The van der Waals surface area contributed by atoms with Crippen LogP contribution in [-0.2, 0) is 5.67 Å². The maximum absolute atomic E-state index is 14.0. The van der Waals surface area contributed by atoms with Gasteiger partial charge in [0.1, 0.15) is 5.67 Å². The lowest BCUT2D eigenvalue weighted by molar-refractivity contribution is 0.158. The number of halogens is 1. The lowest BCUT2D eigenvalue weighted by atomic mass is 9.91. The Morgan fingerprint density at radius 3 is 2.15 bits per heavy atom. The number of hydrogen-bond donors (Lipinski definition) is 1. The van der Waals surface area contributed by atoms with E-state index in [9.17, 15) is 4.39 Å². The van der Waals surface area contributed by atoms with E-state index in [4.69, 9.17) is 5.73 Å². The Bertz CT molecular complexity index is 275. The van der Waals surface area contributed by atoms with Gasteiger partial charge in [-0.2, -0.15) is 0 Å². The van der Waals surface area contributed by atoms with Crippen molar-refractivity contribution in [3.8, 4) is 0 Å². The first-order valence-corrected chi connectivity index (χ1v) is 4.46. The molecule has 0 radical (unpaired) electrons. The van der Waals surface area contributed by atoms with Crippen LogP contribution in [0.15, 0.2) is 24.3 Å². The first-order chi connectivity index (χ1) is 5.94. The van der Waals surface area contributed by atoms with E-state index in [1.165, 1.54) is 6.92 Å². The predicted octanol–water partition coefficient (Wildman–Crippen LogP) is 2.53. The minimum Gasteiger partial charge on any atom is -0.325 e. The van der Waals surface area contributed by atoms with Gasteiger partial charge in [-0.05, 0) is 26.3 Å². The van der Waals surface area contributed by atoms with E-state index < -0.39 is 11.7 Å². The molecule has 2 N–H and O–H groups in total. The summed E-state index contributed by atoms with van der Waals surface area (Å²) in [6, 6.07) is 6.89. The fourth-order valence-corrected chi connectivity index (χ4v) is 1.14. The normalized spacial score (nSPS) is 17.9. The van der Waals surface area contributed by atoms with Crippen LogP contribution in [0.3, 0.4) is 0 Å². The van der Waals surface area contributed by atoms with Crippen LogP contribution in [0.2, 0.25) is 0 Å². The number of rotatable bonds is 2. The second kappa shape index (κ2) is 3.46. The van der Waals surface area contributed by atoms with Crippen LogP contribution in [0.25, 0.3) is 0 Å². The summed E-state index contributed by atoms with van der Waals surface area (Å²) >= 11 is 0. The highest BCUT2D eigenvalue weighted by Crippen LogP contribution is 2.28. The molecule has 1 rings (SSSR count). The lowest BCUT2D eigenvalue weighted by Crippen LogP contribution is -2.36. The summed E-state index contributed by atoms with van der Waals surface area (Å²) in [5.74, 6) is 0. The molecule has 0 bridgehead atoms. The van der Waals surface area contributed by atoms with E-state index in [1.807, 2.05) is 19.1 Å². The van der Waals surface area contributed by atoms with Crippen molar-refractivity contribution in [2.24, 2.45) is 5.73 Å². The Morgan fingerprint density at radius 2 is 1.77 bits per heavy atom. The Kier molecular flexibility index (Phi) is 2.71. The summed E-state index contributed by atoms with van der Waals surface area (Å²) in [6.45, 7) is 5.17. The molecular formula is C11H16FN. The van der Waals surface area contributed by atoms with E-state index in [0.29, 0.717) is 5.56 Å². The van der Waals surface area contributed by atoms with Crippen LogP contribution in [0, 0.1) is 6.92 Å². The minimum absolute atomic E-state index is 0.491. The number of hydrogen-bond acceptors (Lipinski definition) is 1. The first-order valence-electron chi connectivity index (χ1n) is 4.46. The maximum atomic E-state index is 14.0. The third-order valence-electron chi connectivity index (χ3n) is 2.47. The van der Waals surface area contributed by atoms with Crippen molar-refractivity contribution in [1.82, 2.24) is 0 Å². The van der Waals surface area contributed by atoms with E-state index in [2.05, 4.69) is 0 Å². The molecule has 1 aromatic carbocycles. The zero-order valence-corrected chi connectivity index (χ0v) is 8.34. The molecule has 0 saturated heterocycles. The molecule has 0 amide bonds. The summed E-state index contributed by atoms with van der Waals surface area (Å²) in [7, 11) is 0. The average Bonchev–Trinajstić information content (AvgIpc) is 2.04. The zero-order chi connectivity index (χ0) is 10.1. The van der Waals surface area contributed by atoms with Gasteiger partial charge < -0.3 is 5.73 Å². The average molecular weight is 181 g/mol. The molecule has 2 unspecified atom stereocenters. The molecule has 1 nitrogen and oxygen atoms in total. The van der Waals surface area contributed by atoms with Crippen molar-refractivity contribution in [2.45, 2.75) is 32.5 Å². The Labute approximate surface area is 78.8 Å². The summed E-state index contributed by atoms with van der Waals surface area (Å²) in [5, 5.41) is 0. The van der Waals surface area contributed by atoms with Crippen LogP contribution < -0.4 is 5.73 Å². The van der Waals surface area contributed by atoms with Gasteiger partial charge in [0.25, 0.3) is 0 Å². The van der Waals surface area contributed by atoms with Gasteiger partial charge in [-0.15, -0.1) is 0 Å². The topological polar surface area (TPSA) is 26.0 Å². The third kappa shape index (κ3) is 2.07. The zero-order valence-electron chi connectivity index (χ0n) is 8.34. The smallest absolute Gasteiger partial charge is 0.147 e. The van der Waals surface area contributed by atoms with Crippen molar-refractivity contribution in [1.29, 1.82) is 0 Å². The highest BCUT2D eigenvalue weighted by Gasteiger charge is 2.29. The largest absolute Gasteiger partial charge is 0.325 e. The van der Waals surface area contributed by atoms with E-state index in [0.717, 1.165) is 5.56 Å². The fourth-order valence-electron chi connectivity index (χ4n) is 1.14. The van der Waals surface area contributed by atoms with Gasteiger partial charge in [0, 0.05) is 6.04 Å². The van der Waals surface area contributed by atoms with Crippen molar-refractivity contribution in [2.75, 3.05) is 0 Å². The minimum atomic E-state index is -1.44. The van der Waals surface area contributed by atoms with Gasteiger partial charge in [0.05, 0.1) is 0 Å². The summed E-state index contributed by atoms with van der Waals surface area (Å²) in [6.07, 6.45) is 0. The van der Waals surface area contributed by atoms with Crippen LogP contribution in [0.1, 0.15) is 25.0 Å². The van der Waals surface area contributed by atoms with Crippen LogP contribution >= 0.6 is 0 Å². The molecule has 72 valence electrons. The van der Waals surface area contributed by atoms with Gasteiger partial charge in [-0.1, -0.05) is 29.8 Å². The van der Waals surface area contributed by atoms with Gasteiger partial charge >= 0.3 is 0 Å². The molecule has 0 heterocycles. The molecule has 0 aliphatic heterocycles. The van der Waals surface area contributed by atoms with Crippen molar-refractivity contribution >= 4 is 0 Å². The van der Waals surface area contributed by atoms with E-state index in [1.54, 1.807) is 19.1 Å². The van der Waals surface area contributed by atoms with Crippen molar-refractivity contribution < 1.29 is 4.39 Å². The molecule has 0 aliphatic carbocycles. The Hall–Kier alpha value is -0.890. The fraction of sp³-hybridized carbons (Fsp3) is 0.455. The molecule has 0 spiro atoms. The number of alkyl halides is 1. The second-order valence-corrected chi connectivity index (χ2v) is 3.73. The van der Waals surface area contributed by atoms with Crippen LogP contribution in [0.4, 0.5) is 4.39 Å². The molecule has 0 fully saturated rings. The maximum Gasteiger partial charge on any atom is 0.147 e. The summed E-state index contributed by atoms with van der Waals surface area (Å²) in [4.78, 5) is 0. The van der Waals surface area contributed by atoms with E-state index in [-0.39, 0.29) is 0 Å². The Balaban J connectivity index is 3.01. The molecule has 0 saturated carbocycles. The number of nitrogens with two attached hydrogens (primary N) is 1. The monoisotopic (exact) mass is 181 g/mol. The molecule has 0 aromatic heterocycles. The summed E-state index contributed by atoms with van der Waals surface area (Å²) in [5.41, 5.74) is 5.90. The molecular weight excluding hydrogens is 165 g/mol. The molecule has 1 aromatic rings. The molecule has 0 aliphatic rings. The third-order valence-corrected chi connectivity index (χ3v) is 2.47. The highest BCUT2D eigenvalue weighted by molar-refractivity contribution is 5.27. The number of aryl methyl sites for hydroxylation is 1. The first kappa shape index (κ1) is 10.2. The van der Waals surface area contributed by atoms with Crippen LogP contribution in [0.5, 0.6) is 0 Å². The number of benzene rings is 1. The standard InChI is InChI=1S/C11H16FN/c1-8-4-6-10(7-5-8)11(3,12)9(2)13/h4-7,9H,13H2,1-3H3. The van der Waals surface area contributed by atoms with Crippen molar-refractivity contribution in [3.05, 3.63) is 35.4 Å². The Morgan fingerprint density at radius 1 is 1.31 bits per heavy atom. The highest BCUT2D eigenvalue weighted by atomic mass is 19.1. The van der Waals surface area contributed by atoms with Gasteiger partial charge in [-0.25, -0.2) is 4.39 Å². The van der Waals surface area contributed by atoms with Crippen LogP contribution in [-0.4, -0.2) is 6.04 Å². The quantitative estimate of drug-likeness (QED) is 0.745. The van der Waals surface area contributed by atoms with E-state index >= 15 is 0 Å². The van der Waals surface area contributed by atoms with Gasteiger partial charge in [-0.3, -0.25) is 0 Å². The predicted molar refractivity (Wildman–Crippen MR) is 53.3 cm³/mol. The molecule has 2 heteroatoms. The summed E-state index contributed by atoms with van der Waals surface area (Å²) < 4.78 is 14.0. The van der Waals surface area contributed by atoms with Gasteiger partial charge in [0.2, 0.25) is 0 Å². The SMILES string of the molecule is Cc1ccc(C(C)(F)C(C)N)cc1. The molecule has 13 heavy (non-hydrogen) atoms.